The normalized spacial score (nSPS) is 16.6. The Morgan fingerprint density at radius 1 is 1.19 bits per heavy atom. The summed E-state index contributed by atoms with van der Waals surface area (Å²) in [6, 6.07) is 12.7. The zero-order valence-corrected chi connectivity index (χ0v) is 15.9. The molecular formula is C21H26ClFN2O. The van der Waals surface area contributed by atoms with Crippen LogP contribution in [0.1, 0.15) is 35.2 Å². The lowest BCUT2D eigenvalue weighted by Crippen LogP contribution is -2.33. The molecule has 1 amide bonds. The van der Waals surface area contributed by atoms with Gasteiger partial charge in [0.1, 0.15) is 5.82 Å². The summed E-state index contributed by atoms with van der Waals surface area (Å²) in [4.78, 5) is 12.2. The van der Waals surface area contributed by atoms with Gasteiger partial charge in [0.2, 0.25) is 0 Å². The molecular weight excluding hydrogens is 351 g/mol. The molecule has 3 nitrogen and oxygen atoms in total. The number of piperidine rings is 1. The lowest BCUT2D eigenvalue weighted by molar-refractivity contribution is 0.0946. The number of nitrogens with one attached hydrogen (secondary N) is 2. The molecule has 2 aromatic carbocycles. The summed E-state index contributed by atoms with van der Waals surface area (Å²) in [6.45, 7) is 4.70. The molecule has 0 aromatic heterocycles. The number of benzene rings is 2. The molecule has 5 heteroatoms. The first kappa shape index (κ1) is 20.4. The number of amides is 1. The summed E-state index contributed by atoms with van der Waals surface area (Å²) >= 11 is 0. The van der Waals surface area contributed by atoms with E-state index in [2.05, 4.69) is 10.6 Å². The van der Waals surface area contributed by atoms with Gasteiger partial charge in [-0.25, -0.2) is 4.39 Å². The van der Waals surface area contributed by atoms with Gasteiger partial charge in [-0.1, -0.05) is 35.9 Å². The van der Waals surface area contributed by atoms with Crippen molar-refractivity contribution in [3.63, 3.8) is 0 Å². The van der Waals surface area contributed by atoms with Gasteiger partial charge < -0.3 is 10.6 Å². The minimum Gasteiger partial charge on any atom is -0.352 e. The van der Waals surface area contributed by atoms with E-state index in [1.165, 1.54) is 18.9 Å². The average Bonchev–Trinajstić information content (AvgIpc) is 2.63. The minimum atomic E-state index is -0.477. The van der Waals surface area contributed by atoms with Gasteiger partial charge in [-0.3, -0.25) is 4.79 Å². The molecule has 140 valence electrons. The first-order valence-electron chi connectivity index (χ1n) is 8.99. The fourth-order valence-electron chi connectivity index (χ4n) is 3.28. The maximum Gasteiger partial charge on any atom is 0.254 e. The Labute approximate surface area is 160 Å². The molecule has 1 aliphatic heterocycles. The topological polar surface area (TPSA) is 41.1 Å². The van der Waals surface area contributed by atoms with Gasteiger partial charge >= 0.3 is 0 Å². The first-order valence-corrected chi connectivity index (χ1v) is 8.99. The van der Waals surface area contributed by atoms with Gasteiger partial charge in [0.25, 0.3) is 5.91 Å². The van der Waals surface area contributed by atoms with E-state index < -0.39 is 5.82 Å². The van der Waals surface area contributed by atoms with E-state index in [9.17, 15) is 9.18 Å². The summed E-state index contributed by atoms with van der Waals surface area (Å²) in [5, 5.41) is 6.21. The van der Waals surface area contributed by atoms with E-state index in [0.717, 1.165) is 36.2 Å². The monoisotopic (exact) mass is 376 g/mol. The third-order valence-corrected chi connectivity index (χ3v) is 4.84. The van der Waals surface area contributed by atoms with E-state index in [-0.39, 0.29) is 23.9 Å². The lowest BCUT2D eigenvalue weighted by Gasteiger charge is -2.22. The van der Waals surface area contributed by atoms with Crippen molar-refractivity contribution in [1.82, 2.24) is 10.6 Å². The Hall–Kier alpha value is -1.91. The molecule has 0 radical (unpaired) electrons. The average molecular weight is 377 g/mol. The number of carbonyl (C=O) groups excluding carboxylic acids is 1. The van der Waals surface area contributed by atoms with Gasteiger partial charge in [0.05, 0.1) is 5.56 Å². The van der Waals surface area contributed by atoms with Crippen LogP contribution in [0.5, 0.6) is 0 Å². The third kappa shape index (κ3) is 5.29. The molecule has 1 atom stereocenters. The molecule has 1 unspecified atom stereocenters. The quantitative estimate of drug-likeness (QED) is 0.814. The maximum atomic E-state index is 14.4. The number of hydrogen-bond donors (Lipinski definition) is 2. The predicted molar refractivity (Wildman–Crippen MR) is 106 cm³/mol. The van der Waals surface area contributed by atoms with Crippen LogP contribution in [-0.2, 0) is 0 Å². The molecule has 1 aliphatic rings. The van der Waals surface area contributed by atoms with E-state index in [1.54, 1.807) is 12.1 Å². The van der Waals surface area contributed by atoms with Gasteiger partial charge in [0.15, 0.2) is 0 Å². The SMILES string of the molecule is Cc1ccc(-c2ccc(C(=O)NCCC3CCCNC3)c(F)c2)cc1.Cl. The molecule has 1 saturated heterocycles. The van der Waals surface area contributed by atoms with Crippen molar-refractivity contribution in [2.75, 3.05) is 19.6 Å². The van der Waals surface area contributed by atoms with Crippen LogP contribution in [0.3, 0.4) is 0 Å². The second-order valence-corrected chi connectivity index (χ2v) is 6.82. The van der Waals surface area contributed by atoms with Crippen molar-refractivity contribution >= 4 is 18.3 Å². The number of hydrogen-bond acceptors (Lipinski definition) is 2. The van der Waals surface area contributed by atoms with Crippen molar-refractivity contribution in [3.05, 3.63) is 59.4 Å². The molecule has 26 heavy (non-hydrogen) atoms. The number of carbonyl (C=O) groups is 1. The molecule has 1 fully saturated rings. The van der Waals surface area contributed by atoms with Crippen molar-refractivity contribution < 1.29 is 9.18 Å². The second kappa shape index (κ2) is 9.70. The summed E-state index contributed by atoms with van der Waals surface area (Å²) in [6.07, 6.45) is 3.32. The summed E-state index contributed by atoms with van der Waals surface area (Å²) in [7, 11) is 0. The van der Waals surface area contributed by atoms with Crippen LogP contribution >= 0.6 is 12.4 Å². The van der Waals surface area contributed by atoms with Crippen LogP contribution in [0.2, 0.25) is 0 Å². The van der Waals surface area contributed by atoms with Crippen LogP contribution in [0.25, 0.3) is 11.1 Å². The van der Waals surface area contributed by atoms with E-state index in [0.29, 0.717) is 12.5 Å². The summed E-state index contributed by atoms with van der Waals surface area (Å²) < 4.78 is 14.4. The standard InChI is InChI=1S/C21H25FN2O.ClH/c1-15-4-6-17(7-5-15)18-8-9-19(20(22)13-18)21(25)24-12-10-16-3-2-11-23-14-16;/h4-9,13,16,23H,2-3,10-12,14H2,1H3,(H,24,25);1H. The Morgan fingerprint density at radius 3 is 2.58 bits per heavy atom. The fraction of sp³-hybridized carbons (Fsp3) is 0.381. The smallest absolute Gasteiger partial charge is 0.254 e. The number of rotatable bonds is 5. The molecule has 0 aliphatic carbocycles. The predicted octanol–water partition coefficient (Wildman–Crippen LogP) is 4.34. The van der Waals surface area contributed by atoms with Crippen LogP contribution in [-0.4, -0.2) is 25.5 Å². The number of halogens is 2. The van der Waals surface area contributed by atoms with Gasteiger partial charge in [-0.15, -0.1) is 12.4 Å². The molecule has 0 spiro atoms. The highest BCUT2D eigenvalue weighted by Gasteiger charge is 2.15. The molecule has 2 aromatic rings. The zero-order chi connectivity index (χ0) is 17.6. The van der Waals surface area contributed by atoms with Crippen LogP contribution in [0.4, 0.5) is 4.39 Å². The molecule has 2 N–H and O–H groups in total. The minimum absolute atomic E-state index is 0. The largest absolute Gasteiger partial charge is 0.352 e. The van der Waals surface area contributed by atoms with Crippen LogP contribution in [0, 0.1) is 18.7 Å². The maximum absolute atomic E-state index is 14.4. The zero-order valence-electron chi connectivity index (χ0n) is 15.1. The van der Waals surface area contributed by atoms with Crippen molar-refractivity contribution in [2.24, 2.45) is 5.92 Å². The third-order valence-electron chi connectivity index (χ3n) is 4.84. The van der Waals surface area contributed by atoms with Crippen molar-refractivity contribution in [3.8, 4) is 11.1 Å². The van der Waals surface area contributed by atoms with E-state index >= 15 is 0 Å². The summed E-state index contributed by atoms with van der Waals surface area (Å²) in [5.41, 5.74) is 3.00. The molecule has 0 bridgehead atoms. The van der Waals surface area contributed by atoms with E-state index in [4.69, 9.17) is 0 Å². The van der Waals surface area contributed by atoms with Crippen LogP contribution < -0.4 is 10.6 Å². The highest BCUT2D eigenvalue weighted by molar-refractivity contribution is 5.95. The van der Waals surface area contributed by atoms with Gasteiger partial charge in [-0.05, 0) is 68.5 Å². The Balaban J connectivity index is 0.00000243. The lowest BCUT2D eigenvalue weighted by atomic mass is 9.96. The summed E-state index contributed by atoms with van der Waals surface area (Å²) in [5.74, 6) is -0.213. The van der Waals surface area contributed by atoms with Crippen LogP contribution in [0.15, 0.2) is 42.5 Å². The molecule has 3 rings (SSSR count). The highest BCUT2D eigenvalue weighted by Crippen LogP contribution is 2.22. The second-order valence-electron chi connectivity index (χ2n) is 6.82. The van der Waals surface area contributed by atoms with Crippen molar-refractivity contribution in [1.29, 1.82) is 0 Å². The number of aryl methyl sites for hydroxylation is 1. The highest BCUT2D eigenvalue weighted by atomic mass is 35.5. The van der Waals surface area contributed by atoms with Crippen molar-refractivity contribution in [2.45, 2.75) is 26.2 Å². The van der Waals surface area contributed by atoms with Gasteiger partial charge in [0, 0.05) is 6.54 Å². The Morgan fingerprint density at radius 2 is 1.92 bits per heavy atom. The fourth-order valence-corrected chi connectivity index (χ4v) is 3.28. The Kier molecular flexibility index (Phi) is 7.61. The first-order chi connectivity index (χ1) is 12.1. The molecule has 1 heterocycles. The van der Waals surface area contributed by atoms with E-state index in [1.807, 2.05) is 31.2 Å². The molecule has 0 saturated carbocycles. The van der Waals surface area contributed by atoms with Gasteiger partial charge in [-0.2, -0.15) is 0 Å². The Bertz CT molecular complexity index is 727.